The maximum Gasteiger partial charge on any atom is 0.264 e. The van der Waals surface area contributed by atoms with Crippen molar-refractivity contribution in [3.05, 3.63) is 75.9 Å². The van der Waals surface area contributed by atoms with E-state index in [-0.39, 0.29) is 74.2 Å². The van der Waals surface area contributed by atoms with Gasteiger partial charge < -0.3 is 25.0 Å². The van der Waals surface area contributed by atoms with Crippen molar-refractivity contribution in [1.82, 2.24) is 19.7 Å². The van der Waals surface area contributed by atoms with Gasteiger partial charge in [0.1, 0.15) is 41.4 Å². The van der Waals surface area contributed by atoms with Gasteiger partial charge in [-0.3, -0.25) is 19.6 Å². The number of benzene rings is 1. The molecule has 1 aromatic carbocycles. The van der Waals surface area contributed by atoms with Gasteiger partial charge in [-0.2, -0.15) is 0 Å². The summed E-state index contributed by atoms with van der Waals surface area (Å²) in [4.78, 5) is 27.6. The van der Waals surface area contributed by atoms with E-state index in [0.717, 1.165) is 47.4 Å². The van der Waals surface area contributed by atoms with Gasteiger partial charge in [-0.05, 0) is 72.6 Å². The van der Waals surface area contributed by atoms with E-state index in [4.69, 9.17) is 9.73 Å². The predicted molar refractivity (Wildman–Crippen MR) is 187 cm³/mol. The number of aliphatic hydroxyl groups is 1. The number of dihydropyridines is 1. The second-order valence-electron chi connectivity index (χ2n) is 14.7. The highest BCUT2D eigenvalue weighted by atomic mass is 19.3. The summed E-state index contributed by atoms with van der Waals surface area (Å²) in [6.45, 7) is 3.31. The molecule has 1 unspecified atom stereocenters. The number of H-pyrrole nitrogens is 1. The van der Waals surface area contributed by atoms with Gasteiger partial charge in [0.05, 0.1) is 25.7 Å². The highest BCUT2D eigenvalue weighted by molar-refractivity contribution is 5.99. The Morgan fingerprint density at radius 1 is 1.08 bits per heavy atom. The number of hydrogen-bond acceptors (Lipinski definition) is 7. The van der Waals surface area contributed by atoms with Crippen LogP contribution in [0.15, 0.2) is 52.7 Å². The topological polar surface area (TPSA) is 96.4 Å². The Balaban J connectivity index is 0.977. The van der Waals surface area contributed by atoms with Gasteiger partial charge in [0.25, 0.3) is 12.3 Å². The molecule has 2 fully saturated rings. The summed E-state index contributed by atoms with van der Waals surface area (Å²) in [5, 5.41) is 14.2. The highest BCUT2D eigenvalue weighted by Crippen LogP contribution is 2.51. The minimum atomic E-state index is -2.32. The Labute approximate surface area is 298 Å². The number of halogens is 5. The average molecular weight is 727 g/mol. The van der Waals surface area contributed by atoms with E-state index < -0.39 is 41.8 Å². The SMILES string of the molecule is O=C1c2c(F)cc(C3(F)CC3)cc2OCCN1C1=C[C@@H](F)C[C@@H](C2=CCNc3[nH]c([C@H]4CC=C(CN5CCN(CC(F)F)CC5)C=N4)cc32)C1CO. The van der Waals surface area contributed by atoms with Crippen LogP contribution in [0.4, 0.5) is 27.8 Å². The zero-order valence-corrected chi connectivity index (χ0v) is 28.8. The molecule has 4 atom stereocenters. The van der Waals surface area contributed by atoms with Crippen LogP contribution in [-0.2, 0) is 5.67 Å². The lowest BCUT2D eigenvalue weighted by Crippen LogP contribution is -2.48. The fourth-order valence-electron chi connectivity index (χ4n) is 8.34. The molecule has 3 N–H and O–H groups in total. The summed E-state index contributed by atoms with van der Waals surface area (Å²) in [7, 11) is 0. The number of hydrogen-bond donors (Lipinski definition) is 3. The fraction of sp³-hybridized carbons (Fsp3) is 0.526. The largest absolute Gasteiger partial charge is 0.491 e. The molecule has 1 saturated heterocycles. The molecule has 8 rings (SSSR count). The third-order valence-corrected chi connectivity index (χ3v) is 11.3. The number of carbonyl (C=O) groups is 1. The molecule has 278 valence electrons. The Morgan fingerprint density at radius 2 is 1.87 bits per heavy atom. The lowest BCUT2D eigenvalue weighted by Gasteiger charge is -2.39. The van der Waals surface area contributed by atoms with Crippen LogP contribution in [0.25, 0.3) is 5.57 Å². The number of aliphatic imine (C=N–C) groups is 1. The molecule has 0 bridgehead atoms. The van der Waals surface area contributed by atoms with Crippen LogP contribution >= 0.6 is 0 Å². The number of carbonyl (C=O) groups excluding carboxylic acids is 1. The summed E-state index contributed by atoms with van der Waals surface area (Å²) in [6.07, 6.45) is 4.95. The maximum atomic E-state index is 15.7. The van der Waals surface area contributed by atoms with Crippen molar-refractivity contribution in [2.75, 3.05) is 70.9 Å². The number of nitrogens with zero attached hydrogens (tertiary/aromatic N) is 4. The first-order chi connectivity index (χ1) is 25.1. The molecule has 5 heterocycles. The number of piperazine rings is 1. The van der Waals surface area contributed by atoms with E-state index in [1.54, 1.807) is 4.90 Å². The van der Waals surface area contributed by atoms with E-state index in [1.807, 2.05) is 18.4 Å². The van der Waals surface area contributed by atoms with Crippen molar-refractivity contribution in [1.29, 1.82) is 0 Å². The molecule has 1 aromatic heterocycles. The predicted octanol–water partition coefficient (Wildman–Crippen LogP) is 5.63. The number of amides is 1. The second-order valence-corrected chi connectivity index (χ2v) is 14.7. The molecule has 14 heteroatoms. The van der Waals surface area contributed by atoms with Crippen LogP contribution in [0, 0.1) is 17.7 Å². The fourth-order valence-corrected chi connectivity index (χ4v) is 8.34. The van der Waals surface area contributed by atoms with E-state index in [9.17, 15) is 23.1 Å². The van der Waals surface area contributed by atoms with Crippen LogP contribution in [0.2, 0.25) is 0 Å². The monoisotopic (exact) mass is 726 g/mol. The normalized spacial score (nSPS) is 27.6. The maximum absolute atomic E-state index is 15.7. The van der Waals surface area contributed by atoms with Gasteiger partial charge in [-0.1, -0.05) is 12.2 Å². The zero-order valence-electron chi connectivity index (χ0n) is 28.8. The van der Waals surface area contributed by atoms with E-state index in [0.29, 0.717) is 32.6 Å². The number of aromatic nitrogens is 1. The highest BCUT2D eigenvalue weighted by Gasteiger charge is 2.47. The molecule has 4 aliphatic heterocycles. The molecule has 1 saturated carbocycles. The van der Waals surface area contributed by atoms with E-state index in [2.05, 4.69) is 21.3 Å². The average Bonchev–Trinajstić information content (AvgIpc) is 3.77. The van der Waals surface area contributed by atoms with Crippen molar-refractivity contribution in [2.45, 2.75) is 50.0 Å². The summed E-state index contributed by atoms with van der Waals surface area (Å²) in [5.74, 6) is -2.00. The van der Waals surface area contributed by atoms with E-state index in [1.165, 1.54) is 17.0 Å². The Hall–Kier alpha value is -4.01. The van der Waals surface area contributed by atoms with Gasteiger partial charge >= 0.3 is 0 Å². The molecule has 0 radical (unpaired) electrons. The standard InChI is InChI=1S/C38H43F5N6O3/c39-24-15-26(28(21-50)32(16-24)49-11-12-52-33-14-23(38(43)4-5-38)13-29(40)35(33)37(49)51)25-3-6-44-36-27(25)17-31(46-36)30-2-1-22(18-45-30)19-47-7-9-48(10-8-47)20-34(41)42/h1,3,13-14,16-18,24,26,28,30,34,44,46,50H,2,4-12,15,19-21H2/t24-,26-,28?,30+/m0/s1. The number of allylic oxidation sites excluding steroid dienone is 2. The molecule has 1 amide bonds. The minimum absolute atomic E-state index is 0.00797. The molecular formula is C38H43F5N6O3. The van der Waals surface area contributed by atoms with Crippen molar-refractivity contribution in [3.8, 4) is 5.75 Å². The summed E-state index contributed by atoms with van der Waals surface area (Å²) in [6, 6.07) is 4.30. The Kier molecular flexibility index (Phi) is 9.49. The van der Waals surface area contributed by atoms with E-state index >= 15 is 8.78 Å². The number of ether oxygens (including phenoxy) is 1. The molecule has 2 aromatic rings. The molecule has 9 nitrogen and oxygen atoms in total. The first-order valence-corrected chi connectivity index (χ1v) is 18.2. The van der Waals surface area contributed by atoms with Crippen LogP contribution in [0.3, 0.4) is 0 Å². The zero-order chi connectivity index (χ0) is 36.1. The van der Waals surface area contributed by atoms with Gasteiger partial charge in [0, 0.05) is 68.4 Å². The smallest absolute Gasteiger partial charge is 0.264 e. The Morgan fingerprint density at radius 3 is 2.58 bits per heavy atom. The molecule has 52 heavy (non-hydrogen) atoms. The van der Waals surface area contributed by atoms with Crippen LogP contribution < -0.4 is 10.1 Å². The number of nitrogens with one attached hydrogen (secondary N) is 2. The van der Waals surface area contributed by atoms with Crippen molar-refractivity contribution in [2.24, 2.45) is 16.8 Å². The number of fused-ring (bicyclic) bond motifs is 2. The van der Waals surface area contributed by atoms with Gasteiger partial charge in [-0.25, -0.2) is 22.0 Å². The number of rotatable bonds is 9. The minimum Gasteiger partial charge on any atom is -0.491 e. The first-order valence-electron chi connectivity index (χ1n) is 18.2. The molecule has 2 aliphatic carbocycles. The summed E-state index contributed by atoms with van der Waals surface area (Å²) < 4.78 is 77.3. The second kappa shape index (κ2) is 14.1. The lowest BCUT2D eigenvalue weighted by atomic mass is 9.73. The first kappa shape index (κ1) is 35.0. The summed E-state index contributed by atoms with van der Waals surface area (Å²) in [5.41, 5.74) is 2.15. The summed E-state index contributed by atoms with van der Waals surface area (Å²) >= 11 is 0. The molecular weight excluding hydrogens is 683 g/mol. The number of alkyl halides is 4. The van der Waals surface area contributed by atoms with Crippen LogP contribution in [0.5, 0.6) is 5.75 Å². The number of aromatic amines is 1. The molecule has 0 spiro atoms. The molecule has 6 aliphatic rings. The van der Waals surface area contributed by atoms with Crippen molar-refractivity contribution in [3.63, 3.8) is 0 Å². The Bertz CT molecular complexity index is 1830. The van der Waals surface area contributed by atoms with Crippen molar-refractivity contribution >= 4 is 23.5 Å². The number of anilines is 1. The van der Waals surface area contributed by atoms with Crippen molar-refractivity contribution < 1.29 is 36.6 Å². The van der Waals surface area contributed by atoms with Gasteiger partial charge in [-0.15, -0.1) is 0 Å². The van der Waals surface area contributed by atoms with Crippen LogP contribution in [0.1, 0.15) is 58.9 Å². The van der Waals surface area contributed by atoms with Crippen LogP contribution in [-0.4, -0.2) is 115 Å². The third-order valence-electron chi connectivity index (χ3n) is 11.3. The number of aliphatic hydroxyl groups excluding tert-OH is 1. The lowest BCUT2D eigenvalue weighted by molar-refractivity contribution is 0.0588. The quantitative estimate of drug-likeness (QED) is 0.290. The third kappa shape index (κ3) is 6.80. The van der Waals surface area contributed by atoms with Gasteiger partial charge in [0.2, 0.25) is 0 Å². The van der Waals surface area contributed by atoms with Gasteiger partial charge in [0.15, 0.2) is 0 Å².